The summed E-state index contributed by atoms with van der Waals surface area (Å²) in [6, 6.07) is 15.3. The number of hydrogen-bond acceptors (Lipinski definition) is 2. The molecule has 0 saturated carbocycles. The number of benzene rings is 2. The first-order chi connectivity index (χ1) is 14.3. The van der Waals surface area contributed by atoms with Crippen LogP contribution in [-0.4, -0.2) is 34.4 Å². The van der Waals surface area contributed by atoms with Crippen molar-refractivity contribution in [3.05, 3.63) is 84.2 Å². The van der Waals surface area contributed by atoms with Gasteiger partial charge in [0, 0.05) is 30.2 Å². The van der Waals surface area contributed by atoms with Crippen LogP contribution in [0.15, 0.2) is 73.1 Å². The highest BCUT2D eigenvalue weighted by atomic mass is 19.4. The summed E-state index contributed by atoms with van der Waals surface area (Å²) in [4.78, 5) is 26.4. The van der Waals surface area contributed by atoms with Crippen LogP contribution in [0.3, 0.4) is 0 Å². The van der Waals surface area contributed by atoms with Gasteiger partial charge in [-0.15, -0.1) is 0 Å². The van der Waals surface area contributed by atoms with Crippen molar-refractivity contribution in [2.24, 2.45) is 0 Å². The molecule has 0 aliphatic rings. The Morgan fingerprint density at radius 3 is 2.20 bits per heavy atom. The van der Waals surface area contributed by atoms with Crippen LogP contribution in [-0.2, 0) is 11.0 Å². The standard InChI is InChI=1S/C22H20F3N3O2/c1-2-27(15-20(29)26-19-8-4-3-7-18(19)22(23,24)25)21(30)16-9-11-17(12-10-16)28-13-5-6-14-28/h3-14H,2,15H2,1H3,(H,26,29). The lowest BCUT2D eigenvalue weighted by atomic mass is 10.1. The third-order valence-corrected chi connectivity index (χ3v) is 4.53. The van der Waals surface area contributed by atoms with Crippen molar-refractivity contribution < 1.29 is 22.8 Å². The molecule has 0 fully saturated rings. The molecule has 0 spiro atoms. The normalized spacial score (nSPS) is 11.2. The first-order valence-corrected chi connectivity index (χ1v) is 9.28. The average molecular weight is 415 g/mol. The van der Waals surface area contributed by atoms with Gasteiger partial charge in [-0.25, -0.2) is 0 Å². The van der Waals surface area contributed by atoms with Gasteiger partial charge in [0.25, 0.3) is 5.91 Å². The van der Waals surface area contributed by atoms with Gasteiger partial charge < -0.3 is 14.8 Å². The molecule has 1 aromatic heterocycles. The molecule has 0 unspecified atom stereocenters. The number of halogens is 3. The molecule has 5 nitrogen and oxygen atoms in total. The fourth-order valence-corrected chi connectivity index (χ4v) is 2.99. The van der Waals surface area contributed by atoms with E-state index < -0.39 is 17.6 Å². The van der Waals surface area contributed by atoms with Crippen LogP contribution in [0, 0.1) is 0 Å². The van der Waals surface area contributed by atoms with Crippen molar-refractivity contribution in [1.82, 2.24) is 9.47 Å². The van der Waals surface area contributed by atoms with Crippen molar-refractivity contribution in [2.75, 3.05) is 18.4 Å². The molecule has 30 heavy (non-hydrogen) atoms. The lowest BCUT2D eigenvalue weighted by Crippen LogP contribution is -2.38. The zero-order valence-corrected chi connectivity index (χ0v) is 16.2. The smallest absolute Gasteiger partial charge is 0.330 e. The molecule has 0 saturated heterocycles. The number of alkyl halides is 3. The quantitative estimate of drug-likeness (QED) is 0.640. The molecule has 0 aliphatic heterocycles. The topological polar surface area (TPSA) is 54.3 Å². The second-order valence-electron chi connectivity index (χ2n) is 6.55. The van der Waals surface area contributed by atoms with Crippen molar-refractivity contribution in [1.29, 1.82) is 0 Å². The van der Waals surface area contributed by atoms with Gasteiger partial charge in [-0.1, -0.05) is 12.1 Å². The molecule has 3 aromatic rings. The molecule has 0 aliphatic carbocycles. The number of carbonyl (C=O) groups excluding carboxylic acids is 2. The van der Waals surface area contributed by atoms with E-state index in [-0.39, 0.29) is 24.7 Å². The van der Waals surface area contributed by atoms with Gasteiger partial charge in [-0.3, -0.25) is 9.59 Å². The molecule has 3 rings (SSSR count). The van der Waals surface area contributed by atoms with Crippen LogP contribution in [0.5, 0.6) is 0 Å². The lowest BCUT2D eigenvalue weighted by molar-refractivity contribution is -0.137. The highest BCUT2D eigenvalue weighted by Gasteiger charge is 2.33. The van der Waals surface area contributed by atoms with E-state index in [2.05, 4.69) is 5.32 Å². The summed E-state index contributed by atoms with van der Waals surface area (Å²) < 4.78 is 41.2. The second-order valence-corrected chi connectivity index (χ2v) is 6.55. The first-order valence-electron chi connectivity index (χ1n) is 9.28. The zero-order valence-electron chi connectivity index (χ0n) is 16.2. The van der Waals surface area contributed by atoms with Crippen LogP contribution in [0.25, 0.3) is 5.69 Å². The summed E-state index contributed by atoms with van der Waals surface area (Å²) in [6.07, 6.45) is -0.845. The van der Waals surface area contributed by atoms with Crippen molar-refractivity contribution in [3.8, 4) is 5.69 Å². The van der Waals surface area contributed by atoms with E-state index in [1.807, 2.05) is 29.1 Å². The number of nitrogens with one attached hydrogen (secondary N) is 1. The Morgan fingerprint density at radius 1 is 0.967 bits per heavy atom. The molecule has 0 atom stereocenters. The minimum atomic E-state index is -4.59. The Hall–Kier alpha value is -3.55. The fraction of sp³-hybridized carbons (Fsp3) is 0.182. The van der Waals surface area contributed by atoms with E-state index in [0.717, 1.165) is 11.8 Å². The molecule has 8 heteroatoms. The number of rotatable bonds is 6. The predicted molar refractivity (Wildman–Crippen MR) is 107 cm³/mol. The number of hydrogen-bond donors (Lipinski definition) is 1. The predicted octanol–water partition coefficient (Wildman–Crippen LogP) is 4.60. The molecular weight excluding hydrogens is 395 g/mol. The monoisotopic (exact) mass is 415 g/mol. The number of para-hydroxylation sites is 1. The number of nitrogens with zero attached hydrogens (tertiary/aromatic N) is 2. The van der Waals surface area contributed by atoms with E-state index in [1.165, 1.54) is 23.1 Å². The van der Waals surface area contributed by atoms with Gasteiger partial charge in [0.2, 0.25) is 5.91 Å². The first kappa shape index (κ1) is 21.2. The van der Waals surface area contributed by atoms with E-state index in [0.29, 0.717) is 5.56 Å². The molecule has 1 N–H and O–H groups in total. The number of carbonyl (C=O) groups is 2. The molecule has 2 aromatic carbocycles. The maximum absolute atomic E-state index is 13.1. The highest BCUT2D eigenvalue weighted by molar-refractivity contribution is 5.99. The van der Waals surface area contributed by atoms with Crippen molar-refractivity contribution >= 4 is 17.5 Å². The Kier molecular flexibility index (Phi) is 6.25. The molecule has 2 amide bonds. The lowest BCUT2D eigenvalue weighted by Gasteiger charge is -2.21. The summed E-state index contributed by atoms with van der Waals surface area (Å²) in [5.41, 5.74) is -0.0137. The van der Waals surface area contributed by atoms with Gasteiger partial charge in [0.1, 0.15) is 6.54 Å². The maximum atomic E-state index is 13.1. The molecule has 1 heterocycles. The molecular formula is C22H20F3N3O2. The molecule has 0 radical (unpaired) electrons. The third kappa shape index (κ3) is 4.89. The number of likely N-dealkylation sites (N-methyl/N-ethyl adjacent to an activating group) is 1. The largest absolute Gasteiger partial charge is 0.418 e. The van der Waals surface area contributed by atoms with E-state index in [9.17, 15) is 22.8 Å². The Bertz CT molecular complexity index is 1010. The summed E-state index contributed by atoms with van der Waals surface area (Å²) in [6.45, 7) is 1.57. The average Bonchev–Trinajstić information content (AvgIpc) is 3.26. The van der Waals surface area contributed by atoms with E-state index >= 15 is 0 Å². The number of amides is 2. The second kappa shape index (κ2) is 8.86. The third-order valence-electron chi connectivity index (χ3n) is 4.53. The SMILES string of the molecule is CCN(CC(=O)Nc1ccccc1C(F)(F)F)C(=O)c1ccc(-n2cccc2)cc1. The number of aromatic nitrogens is 1. The van der Waals surface area contributed by atoms with Crippen LogP contribution in [0.1, 0.15) is 22.8 Å². The zero-order chi connectivity index (χ0) is 21.7. The minimum Gasteiger partial charge on any atom is -0.330 e. The van der Waals surface area contributed by atoms with Crippen molar-refractivity contribution in [3.63, 3.8) is 0 Å². The van der Waals surface area contributed by atoms with Gasteiger partial charge in [-0.05, 0) is 55.5 Å². The molecule has 0 bridgehead atoms. The van der Waals surface area contributed by atoms with Crippen LogP contribution >= 0.6 is 0 Å². The van der Waals surface area contributed by atoms with Crippen LogP contribution in [0.2, 0.25) is 0 Å². The maximum Gasteiger partial charge on any atom is 0.418 e. The summed E-state index contributed by atoms with van der Waals surface area (Å²) in [5, 5.41) is 2.26. The number of anilines is 1. The minimum absolute atomic E-state index is 0.229. The van der Waals surface area contributed by atoms with E-state index in [4.69, 9.17) is 0 Å². The highest BCUT2D eigenvalue weighted by Crippen LogP contribution is 2.34. The Morgan fingerprint density at radius 2 is 1.60 bits per heavy atom. The summed E-state index contributed by atoms with van der Waals surface area (Å²) >= 11 is 0. The van der Waals surface area contributed by atoms with Gasteiger partial charge in [-0.2, -0.15) is 13.2 Å². The van der Waals surface area contributed by atoms with Crippen molar-refractivity contribution in [2.45, 2.75) is 13.1 Å². The summed E-state index contributed by atoms with van der Waals surface area (Å²) in [7, 11) is 0. The van der Waals surface area contributed by atoms with Crippen LogP contribution in [0.4, 0.5) is 18.9 Å². The van der Waals surface area contributed by atoms with Crippen LogP contribution < -0.4 is 5.32 Å². The van der Waals surface area contributed by atoms with Gasteiger partial charge in [0.15, 0.2) is 0 Å². The van der Waals surface area contributed by atoms with Gasteiger partial charge in [0.05, 0.1) is 11.3 Å². The fourth-order valence-electron chi connectivity index (χ4n) is 2.99. The van der Waals surface area contributed by atoms with E-state index in [1.54, 1.807) is 31.2 Å². The summed E-state index contributed by atoms with van der Waals surface area (Å²) in [5.74, 6) is -1.08. The van der Waals surface area contributed by atoms with Gasteiger partial charge >= 0.3 is 6.18 Å². The Balaban J connectivity index is 1.69. The Labute approximate surface area is 171 Å². The molecule has 156 valence electrons.